The molecular formula is C17H25N3O6. The fraction of sp³-hybridized carbons (Fsp3) is 0.471. The van der Waals surface area contributed by atoms with Crippen molar-refractivity contribution in [2.24, 2.45) is 5.10 Å². The van der Waals surface area contributed by atoms with Gasteiger partial charge in [0.1, 0.15) is 11.6 Å². The van der Waals surface area contributed by atoms with Crippen LogP contribution < -0.4 is 20.2 Å². The minimum atomic E-state index is -1.19. The van der Waals surface area contributed by atoms with Crippen LogP contribution in [0, 0.1) is 0 Å². The lowest BCUT2D eigenvalue weighted by molar-refractivity contribution is -0.124. The van der Waals surface area contributed by atoms with Gasteiger partial charge in [-0.2, -0.15) is 5.10 Å². The van der Waals surface area contributed by atoms with Gasteiger partial charge in [0.05, 0.1) is 27.0 Å². The first-order valence-electron chi connectivity index (χ1n) is 7.85. The van der Waals surface area contributed by atoms with E-state index < -0.39 is 30.3 Å². The van der Waals surface area contributed by atoms with Gasteiger partial charge in [0.25, 0.3) is 5.91 Å². The number of benzene rings is 1. The van der Waals surface area contributed by atoms with Gasteiger partial charge < -0.3 is 24.6 Å². The maximum Gasteiger partial charge on any atom is 0.408 e. The minimum Gasteiger partial charge on any atom is -0.493 e. The van der Waals surface area contributed by atoms with Crippen LogP contribution in [0.1, 0.15) is 26.3 Å². The van der Waals surface area contributed by atoms with Gasteiger partial charge in [-0.1, -0.05) is 0 Å². The lowest BCUT2D eigenvalue weighted by atomic mass is 10.2. The monoisotopic (exact) mass is 367 g/mol. The van der Waals surface area contributed by atoms with Crippen molar-refractivity contribution in [1.82, 2.24) is 10.7 Å². The highest BCUT2D eigenvalue weighted by molar-refractivity contribution is 5.87. The number of alkyl carbamates (subject to hydrolysis) is 1. The molecule has 1 aromatic rings. The number of carbonyl (C=O) groups is 2. The number of aliphatic hydroxyl groups is 1. The second-order valence-electron chi connectivity index (χ2n) is 6.23. The van der Waals surface area contributed by atoms with Gasteiger partial charge in [0.2, 0.25) is 0 Å². The molecule has 0 unspecified atom stereocenters. The number of ether oxygens (including phenoxy) is 3. The molecule has 1 rings (SSSR count). The highest BCUT2D eigenvalue weighted by Crippen LogP contribution is 2.26. The van der Waals surface area contributed by atoms with E-state index in [1.165, 1.54) is 20.4 Å². The number of carbonyl (C=O) groups excluding carboxylic acids is 2. The summed E-state index contributed by atoms with van der Waals surface area (Å²) in [4.78, 5) is 23.7. The van der Waals surface area contributed by atoms with E-state index in [9.17, 15) is 14.7 Å². The van der Waals surface area contributed by atoms with Gasteiger partial charge >= 0.3 is 6.09 Å². The van der Waals surface area contributed by atoms with Crippen molar-refractivity contribution in [3.63, 3.8) is 0 Å². The van der Waals surface area contributed by atoms with Crippen LogP contribution in [0.15, 0.2) is 23.3 Å². The van der Waals surface area contributed by atoms with Crippen molar-refractivity contribution >= 4 is 18.2 Å². The predicted molar refractivity (Wildman–Crippen MR) is 95.5 cm³/mol. The Bertz CT molecular complexity index is 654. The number of amides is 2. The third-order valence-corrected chi connectivity index (χ3v) is 2.99. The minimum absolute atomic E-state index is 0.516. The average molecular weight is 367 g/mol. The van der Waals surface area contributed by atoms with Crippen LogP contribution in [-0.2, 0) is 9.53 Å². The van der Waals surface area contributed by atoms with Crippen LogP contribution in [0.4, 0.5) is 4.79 Å². The van der Waals surface area contributed by atoms with Crippen molar-refractivity contribution in [3.8, 4) is 11.5 Å². The normalized spacial score (nSPS) is 12.4. The number of hydrazone groups is 1. The number of aliphatic hydroxyl groups excluding tert-OH is 1. The van der Waals surface area contributed by atoms with Gasteiger partial charge in [0, 0.05) is 0 Å². The van der Waals surface area contributed by atoms with Crippen molar-refractivity contribution in [1.29, 1.82) is 0 Å². The molecule has 0 aliphatic rings. The Labute approximate surface area is 152 Å². The molecule has 0 aromatic heterocycles. The largest absolute Gasteiger partial charge is 0.493 e. The molecule has 26 heavy (non-hydrogen) atoms. The molecule has 2 amide bonds. The van der Waals surface area contributed by atoms with Crippen LogP contribution in [-0.4, -0.2) is 55.8 Å². The van der Waals surface area contributed by atoms with Crippen molar-refractivity contribution < 1.29 is 28.9 Å². The van der Waals surface area contributed by atoms with E-state index in [1.54, 1.807) is 39.0 Å². The van der Waals surface area contributed by atoms with E-state index in [0.717, 1.165) is 0 Å². The Balaban J connectivity index is 2.65. The zero-order valence-electron chi connectivity index (χ0n) is 15.5. The van der Waals surface area contributed by atoms with Gasteiger partial charge in [-0.05, 0) is 44.5 Å². The summed E-state index contributed by atoms with van der Waals surface area (Å²) in [6.07, 6.45) is 0.581. The second kappa shape index (κ2) is 9.62. The van der Waals surface area contributed by atoms with Crippen molar-refractivity contribution in [3.05, 3.63) is 23.8 Å². The molecule has 0 aliphatic carbocycles. The molecule has 1 aromatic carbocycles. The Morgan fingerprint density at radius 1 is 1.23 bits per heavy atom. The van der Waals surface area contributed by atoms with Crippen molar-refractivity contribution in [2.75, 3.05) is 20.8 Å². The predicted octanol–water partition coefficient (Wildman–Crippen LogP) is 1.04. The second-order valence-corrected chi connectivity index (χ2v) is 6.23. The zero-order chi connectivity index (χ0) is 19.7. The standard InChI is InChI=1S/C17H25N3O6/c1-17(2,3)26-16(23)19-12(10-21)15(22)20-18-9-11-6-7-13(24-4)14(8-11)25-5/h6-9,12,21H,10H2,1-5H3,(H,19,23)(H,20,22)/b18-9+/t12-/m0/s1. The molecule has 0 heterocycles. The van der Waals surface area contributed by atoms with Crippen LogP contribution in [0.25, 0.3) is 0 Å². The number of nitrogens with zero attached hydrogens (tertiary/aromatic N) is 1. The Morgan fingerprint density at radius 2 is 1.88 bits per heavy atom. The van der Waals surface area contributed by atoms with Gasteiger partial charge in [0.15, 0.2) is 11.5 Å². The fourth-order valence-electron chi connectivity index (χ4n) is 1.83. The lowest BCUT2D eigenvalue weighted by Crippen LogP contribution is -2.49. The highest BCUT2D eigenvalue weighted by Gasteiger charge is 2.23. The first kappa shape index (κ1) is 21.2. The summed E-state index contributed by atoms with van der Waals surface area (Å²) < 4.78 is 15.3. The SMILES string of the molecule is COc1ccc(/C=N/NC(=O)[C@H](CO)NC(=O)OC(C)(C)C)cc1OC. The molecule has 1 atom stereocenters. The number of hydrogen-bond donors (Lipinski definition) is 3. The number of hydrogen-bond acceptors (Lipinski definition) is 7. The van der Waals surface area contributed by atoms with E-state index in [-0.39, 0.29) is 0 Å². The quantitative estimate of drug-likeness (QED) is 0.489. The molecule has 0 spiro atoms. The summed E-state index contributed by atoms with van der Waals surface area (Å²) in [6, 6.07) is 3.91. The van der Waals surface area contributed by atoms with Crippen LogP contribution in [0.5, 0.6) is 11.5 Å². The molecule has 0 fully saturated rings. The van der Waals surface area contributed by atoms with Crippen LogP contribution in [0.2, 0.25) is 0 Å². The number of methoxy groups -OCH3 is 2. The van der Waals surface area contributed by atoms with Gasteiger partial charge in [-0.15, -0.1) is 0 Å². The molecule has 0 aliphatic heterocycles. The summed E-state index contributed by atoms with van der Waals surface area (Å²) in [7, 11) is 3.03. The summed E-state index contributed by atoms with van der Waals surface area (Å²) in [5, 5.41) is 15.3. The summed E-state index contributed by atoms with van der Waals surface area (Å²) in [5.41, 5.74) is 2.18. The Kier molecular flexibility index (Phi) is 7.85. The number of rotatable bonds is 7. The molecule has 0 bridgehead atoms. The summed E-state index contributed by atoms with van der Waals surface area (Å²) in [5.74, 6) is 0.397. The van der Waals surface area contributed by atoms with E-state index in [2.05, 4.69) is 15.8 Å². The van der Waals surface area contributed by atoms with E-state index in [0.29, 0.717) is 17.1 Å². The van der Waals surface area contributed by atoms with E-state index in [4.69, 9.17) is 14.2 Å². The summed E-state index contributed by atoms with van der Waals surface area (Å²) >= 11 is 0. The molecule has 9 nitrogen and oxygen atoms in total. The maximum absolute atomic E-state index is 12.0. The molecule has 0 saturated heterocycles. The molecule has 9 heteroatoms. The average Bonchev–Trinajstić information content (AvgIpc) is 2.57. The Morgan fingerprint density at radius 3 is 2.42 bits per heavy atom. The van der Waals surface area contributed by atoms with E-state index >= 15 is 0 Å². The van der Waals surface area contributed by atoms with E-state index in [1.807, 2.05) is 0 Å². The molecule has 144 valence electrons. The third-order valence-electron chi connectivity index (χ3n) is 2.99. The van der Waals surface area contributed by atoms with Gasteiger partial charge in [-0.25, -0.2) is 10.2 Å². The number of nitrogens with one attached hydrogen (secondary N) is 2. The third kappa shape index (κ3) is 6.98. The molecule has 0 saturated carbocycles. The molecular weight excluding hydrogens is 342 g/mol. The Hall–Kier alpha value is -2.81. The smallest absolute Gasteiger partial charge is 0.408 e. The molecule has 0 radical (unpaired) electrons. The fourth-order valence-corrected chi connectivity index (χ4v) is 1.83. The first-order valence-corrected chi connectivity index (χ1v) is 7.85. The lowest BCUT2D eigenvalue weighted by Gasteiger charge is -2.21. The van der Waals surface area contributed by atoms with Gasteiger partial charge in [-0.3, -0.25) is 4.79 Å². The topological polar surface area (TPSA) is 118 Å². The van der Waals surface area contributed by atoms with Crippen molar-refractivity contribution in [2.45, 2.75) is 32.4 Å². The van der Waals surface area contributed by atoms with Crippen LogP contribution >= 0.6 is 0 Å². The first-order chi connectivity index (χ1) is 12.2. The zero-order valence-corrected chi connectivity index (χ0v) is 15.5. The van der Waals surface area contributed by atoms with Crippen LogP contribution in [0.3, 0.4) is 0 Å². The summed E-state index contributed by atoms with van der Waals surface area (Å²) in [6.45, 7) is 4.47. The highest BCUT2D eigenvalue weighted by atomic mass is 16.6. The molecule has 3 N–H and O–H groups in total. The maximum atomic E-state index is 12.0.